The van der Waals surface area contributed by atoms with Gasteiger partial charge in [0, 0.05) is 0 Å². The minimum atomic E-state index is -5.25. The van der Waals surface area contributed by atoms with Crippen LogP contribution in [0.25, 0.3) is 0 Å². The van der Waals surface area contributed by atoms with Crippen molar-refractivity contribution in [2.75, 3.05) is 0 Å². The zero-order valence-electron chi connectivity index (χ0n) is 6.04. The van der Waals surface area contributed by atoms with E-state index in [1.54, 1.807) is 0 Å². The summed E-state index contributed by atoms with van der Waals surface area (Å²) < 4.78 is 49.6. The van der Waals surface area contributed by atoms with Gasteiger partial charge in [-0.15, -0.1) is 0 Å². The van der Waals surface area contributed by atoms with Crippen LogP contribution in [0.1, 0.15) is 0 Å². The van der Waals surface area contributed by atoms with Crippen LogP contribution in [-0.4, -0.2) is 34.4 Å². The molecule has 0 radical (unpaired) electrons. The zero-order chi connectivity index (χ0) is 10.9. The number of aliphatic carboxylic acids is 2. The lowest BCUT2D eigenvalue weighted by Crippen LogP contribution is -2.43. The van der Waals surface area contributed by atoms with Crippen LogP contribution in [0, 0.1) is 0 Å². The summed E-state index contributed by atoms with van der Waals surface area (Å²) in [5, 5.41) is 15.2. The first kappa shape index (κ1) is 15.0. The molecule has 0 aliphatic rings. The predicted molar refractivity (Wildman–Crippen MR) is 28.8 cm³/mol. The van der Waals surface area contributed by atoms with Gasteiger partial charge in [0.1, 0.15) is 0 Å². The molecule has 14 heavy (non-hydrogen) atoms. The van der Waals surface area contributed by atoms with Crippen molar-refractivity contribution in [3.63, 3.8) is 0 Å². The molecule has 2 N–H and O–H groups in total. The quantitative estimate of drug-likeness (QED) is 0.682. The highest BCUT2D eigenvalue weighted by Gasteiger charge is 2.54. The summed E-state index contributed by atoms with van der Waals surface area (Å²) in [6.07, 6.45) is -10.5. The van der Waals surface area contributed by atoms with Crippen molar-refractivity contribution in [3.05, 3.63) is 0 Å². The first-order valence-corrected chi connectivity index (χ1v) is 2.52. The van der Waals surface area contributed by atoms with E-state index in [0.717, 1.165) is 0 Å². The number of alkyl halides is 4. The van der Waals surface area contributed by atoms with Gasteiger partial charge in [-0.25, -0.2) is 14.3 Å². The van der Waals surface area contributed by atoms with Crippen LogP contribution >= 0.6 is 0 Å². The lowest BCUT2D eigenvalue weighted by molar-refractivity contribution is -0.352. The number of rotatable bonds is 4. The Balaban J connectivity index is 0. The van der Waals surface area contributed by atoms with Crippen molar-refractivity contribution in [1.29, 1.82) is 0 Å². The fraction of sp³-hybridized carbons (Fsp3) is 0.500. The maximum Gasteiger partial charge on any atom is 0.460 e. The molecular weight excluding hydrogens is 223 g/mol. The van der Waals surface area contributed by atoms with Gasteiger partial charge in [0.2, 0.25) is 0 Å². The van der Waals surface area contributed by atoms with Gasteiger partial charge < -0.3 is 10.2 Å². The number of carbonyl (C=O) groups is 2. The molecule has 0 unspecified atom stereocenters. The third-order valence-corrected chi connectivity index (χ3v) is 0.754. The van der Waals surface area contributed by atoms with Crippen molar-refractivity contribution in [2.24, 2.45) is 0 Å². The molecule has 0 aliphatic heterocycles. The zero-order valence-corrected chi connectivity index (χ0v) is 6.04. The van der Waals surface area contributed by atoms with Crippen molar-refractivity contribution in [2.45, 2.75) is 12.2 Å². The van der Waals surface area contributed by atoms with Gasteiger partial charge in [-0.2, -0.15) is 17.6 Å². The third kappa shape index (κ3) is 3.51. The molecule has 0 aliphatic carbocycles. The molecule has 0 aromatic heterocycles. The second-order valence-corrected chi connectivity index (χ2v) is 1.75. The van der Waals surface area contributed by atoms with Crippen molar-refractivity contribution < 1.29 is 46.8 Å². The summed E-state index contributed by atoms with van der Waals surface area (Å²) in [4.78, 5) is 19.0. The Hall–Kier alpha value is -1.45. The molecule has 0 spiro atoms. The Bertz CT molecular complexity index is 214. The van der Waals surface area contributed by atoms with Crippen LogP contribution in [0.2, 0.25) is 0 Å². The average molecular weight is 226 g/mol. The number of hydrogen-bond donors (Lipinski definition) is 2. The molecule has 5 nitrogen and oxygen atoms in total. The van der Waals surface area contributed by atoms with Gasteiger partial charge in [-0.05, 0) is 0 Å². The number of carboxylic acid groups (broad SMARTS) is 2. The van der Waals surface area contributed by atoms with Crippen LogP contribution in [0.4, 0.5) is 22.3 Å². The normalized spacial score (nSPS) is 11.7. The lowest BCUT2D eigenvalue weighted by atomic mass is 10.6. The Labute approximate surface area is 72.2 Å². The van der Waals surface area contributed by atoms with E-state index >= 15 is 0 Å². The van der Waals surface area contributed by atoms with E-state index in [2.05, 4.69) is 4.74 Å². The van der Waals surface area contributed by atoms with E-state index in [4.69, 9.17) is 10.2 Å². The molecule has 0 aromatic rings. The van der Waals surface area contributed by atoms with E-state index in [9.17, 15) is 27.2 Å². The van der Waals surface area contributed by atoms with E-state index < -0.39 is 24.2 Å². The third-order valence-electron chi connectivity index (χ3n) is 0.754. The highest BCUT2D eigenvalue weighted by atomic mass is 19.3. The van der Waals surface area contributed by atoms with Crippen LogP contribution in [0.5, 0.6) is 0 Å². The molecule has 0 bridgehead atoms. The van der Waals surface area contributed by atoms with Crippen LogP contribution < -0.4 is 0 Å². The Kier molecular flexibility index (Phi) is 4.48. The molecule has 0 saturated carbocycles. The van der Waals surface area contributed by atoms with Crippen molar-refractivity contribution in [3.8, 4) is 0 Å². The summed E-state index contributed by atoms with van der Waals surface area (Å²) in [6, 6.07) is 0. The van der Waals surface area contributed by atoms with Crippen molar-refractivity contribution in [1.82, 2.24) is 0 Å². The molecule has 10 heteroatoms. The first-order chi connectivity index (χ1) is 5.59. The summed E-state index contributed by atoms with van der Waals surface area (Å²) in [6.45, 7) is 0. The molecule has 0 fully saturated rings. The topological polar surface area (TPSA) is 83.8 Å². The largest absolute Gasteiger partial charge is 0.475 e. The predicted octanol–water partition coefficient (Wildman–Crippen LogP) is 0.510. The minimum Gasteiger partial charge on any atom is -0.475 e. The first-order valence-electron chi connectivity index (χ1n) is 2.52. The number of halogens is 5. The van der Waals surface area contributed by atoms with Gasteiger partial charge in [0.15, 0.2) is 0 Å². The Morgan fingerprint density at radius 3 is 1.29 bits per heavy atom. The van der Waals surface area contributed by atoms with Crippen LogP contribution in [-0.2, 0) is 14.3 Å². The van der Waals surface area contributed by atoms with E-state index in [1.165, 1.54) is 0 Å². The number of ether oxygens (including phenoxy) is 1. The highest BCUT2D eigenvalue weighted by molar-refractivity contribution is 5.76. The van der Waals surface area contributed by atoms with E-state index in [1.807, 2.05) is 0 Å². The van der Waals surface area contributed by atoms with Gasteiger partial charge in [-0.1, -0.05) is 0 Å². The molecule has 0 amide bonds. The second kappa shape index (κ2) is 4.17. The van der Waals surface area contributed by atoms with Gasteiger partial charge >= 0.3 is 24.2 Å². The van der Waals surface area contributed by atoms with E-state index in [-0.39, 0.29) is 4.70 Å². The van der Waals surface area contributed by atoms with Gasteiger partial charge in [0.25, 0.3) is 0 Å². The molecule has 0 saturated heterocycles. The highest BCUT2D eigenvalue weighted by Crippen LogP contribution is 2.27. The molecule has 0 rings (SSSR count). The fourth-order valence-corrected chi connectivity index (χ4v) is 0.248. The summed E-state index contributed by atoms with van der Waals surface area (Å²) >= 11 is 0. The molecule has 0 atom stereocenters. The monoisotopic (exact) mass is 226 g/mol. The Morgan fingerprint density at radius 2 is 1.14 bits per heavy atom. The standard InChI is InChI=1S/C4H2F4O5.FH/c5-3(6,1(9)10)13-4(7,8)2(11)12;/h(H,9,10)(H,11,12);1H. The minimum absolute atomic E-state index is 0. The molecule has 84 valence electrons. The van der Waals surface area contributed by atoms with Crippen LogP contribution in [0.3, 0.4) is 0 Å². The Morgan fingerprint density at radius 1 is 0.929 bits per heavy atom. The maximum atomic E-state index is 11.8. The van der Waals surface area contributed by atoms with Crippen LogP contribution in [0.15, 0.2) is 0 Å². The molecular formula is C4H3F5O5. The number of carboxylic acids is 2. The summed E-state index contributed by atoms with van der Waals surface area (Å²) in [5.41, 5.74) is 0. The fourth-order valence-electron chi connectivity index (χ4n) is 0.248. The summed E-state index contributed by atoms with van der Waals surface area (Å²) in [5.74, 6) is -6.01. The van der Waals surface area contributed by atoms with Gasteiger partial charge in [0.05, 0.1) is 0 Å². The second-order valence-electron chi connectivity index (χ2n) is 1.75. The number of hydrogen-bond acceptors (Lipinski definition) is 3. The average Bonchev–Trinajstić information content (AvgIpc) is 1.83. The maximum absolute atomic E-state index is 11.8. The molecule has 0 heterocycles. The molecule has 0 aromatic carbocycles. The summed E-state index contributed by atoms with van der Waals surface area (Å²) in [7, 11) is 0. The van der Waals surface area contributed by atoms with E-state index in [0.29, 0.717) is 0 Å². The smallest absolute Gasteiger partial charge is 0.460 e. The van der Waals surface area contributed by atoms with Crippen molar-refractivity contribution >= 4 is 11.9 Å². The van der Waals surface area contributed by atoms with Gasteiger partial charge in [-0.3, -0.25) is 4.70 Å². The lowest BCUT2D eigenvalue weighted by Gasteiger charge is -2.16. The SMILES string of the molecule is F.O=C(O)C(F)(F)OC(F)(F)C(=O)O.